The lowest BCUT2D eigenvalue weighted by Gasteiger charge is -2.34. The second-order valence-electron chi connectivity index (χ2n) is 10.2. The van der Waals surface area contributed by atoms with Crippen LogP contribution in [-0.4, -0.2) is 0 Å². The van der Waals surface area contributed by atoms with E-state index < -0.39 is 5.41 Å². The van der Waals surface area contributed by atoms with Crippen LogP contribution in [0.25, 0.3) is 33.1 Å². The van der Waals surface area contributed by atoms with Gasteiger partial charge in [-0.3, -0.25) is 0 Å². The molecule has 0 fully saturated rings. The summed E-state index contributed by atoms with van der Waals surface area (Å²) in [6.07, 6.45) is 0. The quantitative estimate of drug-likeness (QED) is 0.261. The molecule has 1 N–H and O–H groups in total. The lowest BCUT2D eigenvalue weighted by molar-refractivity contribution is 0.669. The normalized spacial score (nSPS) is 13.3. The Balaban J connectivity index is 1.37. The third-order valence-corrected chi connectivity index (χ3v) is 8.14. The van der Waals surface area contributed by atoms with Crippen molar-refractivity contribution in [3.8, 4) is 11.1 Å². The van der Waals surface area contributed by atoms with E-state index in [1.807, 2.05) is 18.2 Å². The first-order valence-electron chi connectivity index (χ1n) is 13.4. The molecule has 1 aliphatic rings. The van der Waals surface area contributed by atoms with E-state index in [1.54, 1.807) is 0 Å². The fraction of sp³-hybridized carbons (Fsp3) is 0.0270. The average Bonchev–Trinajstić information content (AvgIpc) is 3.52. The molecule has 0 radical (unpaired) electrons. The molecule has 1 heterocycles. The van der Waals surface area contributed by atoms with E-state index in [4.69, 9.17) is 4.42 Å². The fourth-order valence-electron chi connectivity index (χ4n) is 6.56. The van der Waals surface area contributed by atoms with Gasteiger partial charge in [0.25, 0.3) is 0 Å². The van der Waals surface area contributed by atoms with Gasteiger partial charge in [-0.15, -0.1) is 0 Å². The van der Waals surface area contributed by atoms with Gasteiger partial charge in [-0.05, 0) is 63.7 Å². The van der Waals surface area contributed by atoms with E-state index in [2.05, 4.69) is 133 Å². The van der Waals surface area contributed by atoms with Crippen LogP contribution in [0.15, 0.2) is 150 Å². The van der Waals surface area contributed by atoms with Gasteiger partial charge >= 0.3 is 0 Å². The van der Waals surface area contributed by atoms with Gasteiger partial charge < -0.3 is 9.73 Å². The average molecular weight is 500 g/mol. The molecule has 6 aromatic carbocycles. The predicted octanol–water partition coefficient (Wildman–Crippen LogP) is 9.69. The van der Waals surface area contributed by atoms with Gasteiger partial charge in [0.15, 0.2) is 0 Å². The van der Waals surface area contributed by atoms with E-state index >= 15 is 0 Å². The topological polar surface area (TPSA) is 25.2 Å². The minimum absolute atomic E-state index is 0.416. The molecule has 1 aliphatic carbocycles. The highest BCUT2D eigenvalue weighted by atomic mass is 16.3. The second kappa shape index (κ2) is 8.47. The molecule has 2 nitrogen and oxygen atoms in total. The van der Waals surface area contributed by atoms with Gasteiger partial charge in [-0.1, -0.05) is 115 Å². The number of para-hydroxylation sites is 1. The highest BCUT2D eigenvalue weighted by Crippen LogP contribution is 2.56. The summed E-state index contributed by atoms with van der Waals surface area (Å²) >= 11 is 0. The van der Waals surface area contributed by atoms with Crippen LogP contribution < -0.4 is 5.32 Å². The first kappa shape index (κ1) is 22.0. The van der Waals surface area contributed by atoms with Crippen LogP contribution in [0.3, 0.4) is 0 Å². The van der Waals surface area contributed by atoms with Gasteiger partial charge in [0.05, 0.1) is 16.5 Å². The van der Waals surface area contributed by atoms with E-state index in [1.165, 1.54) is 33.4 Å². The number of anilines is 2. The largest absolute Gasteiger partial charge is 0.456 e. The van der Waals surface area contributed by atoms with Crippen molar-refractivity contribution in [2.24, 2.45) is 0 Å². The Kier molecular flexibility index (Phi) is 4.77. The van der Waals surface area contributed by atoms with Crippen LogP contribution in [0.4, 0.5) is 11.4 Å². The standard InChI is InChI=1S/C37H25NO/c1-3-12-25(13-4-1)37(26-14-5-2-6-15-26)31-18-9-7-16-28(31)29-23-22-27(24-32(29)37)38-33-19-11-21-35-36(33)30-17-8-10-20-34(30)39-35/h1-24,38H. The van der Waals surface area contributed by atoms with Crippen LogP contribution >= 0.6 is 0 Å². The third kappa shape index (κ3) is 3.15. The molecule has 0 amide bonds. The van der Waals surface area contributed by atoms with Crippen molar-refractivity contribution in [2.45, 2.75) is 5.41 Å². The maximum absolute atomic E-state index is 6.16. The van der Waals surface area contributed by atoms with E-state index in [0.29, 0.717) is 0 Å². The number of hydrogen-bond acceptors (Lipinski definition) is 2. The molecule has 0 bridgehead atoms. The molecule has 0 unspecified atom stereocenters. The fourth-order valence-corrected chi connectivity index (χ4v) is 6.56. The highest BCUT2D eigenvalue weighted by molar-refractivity contribution is 6.12. The predicted molar refractivity (Wildman–Crippen MR) is 161 cm³/mol. The molecule has 0 saturated carbocycles. The third-order valence-electron chi connectivity index (χ3n) is 8.14. The van der Waals surface area contributed by atoms with Crippen molar-refractivity contribution >= 4 is 33.3 Å². The van der Waals surface area contributed by atoms with Gasteiger partial charge in [-0.2, -0.15) is 0 Å². The minimum atomic E-state index is -0.416. The summed E-state index contributed by atoms with van der Waals surface area (Å²) in [6.45, 7) is 0. The van der Waals surface area contributed by atoms with Crippen molar-refractivity contribution < 1.29 is 4.42 Å². The molecule has 1 aromatic heterocycles. The zero-order chi connectivity index (χ0) is 25.8. The SMILES string of the molecule is c1ccc(C2(c3ccccc3)c3ccccc3-c3ccc(Nc4cccc5oc6ccccc6c45)cc32)cc1. The maximum Gasteiger partial charge on any atom is 0.137 e. The molecule has 2 heteroatoms. The summed E-state index contributed by atoms with van der Waals surface area (Å²) in [5.41, 5.74) is 11.2. The molecule has 184 valence electrons. The monoisotopic (exact) mass is 499 g/mol. The second-order valence-corrected chi connectivity index (χ2v) is 10.2. The van der Waals surface area contributed by atoms with Crippen LogP contribution in [0, 0.1) is 0 Å². The van der Waals surface area contributed by atoms with Crippen molar-refractivity contribution in [1.29, 1.82) is 0 Å². The highest BCUT2D eigenvalue weighted by Gasteiger charge is 2.46. The lowest BCUT2D eigenvalue weighted by atomic mass is 9.67. The van der Waals surface area contributed by atoms with Crippen LogP contribution in [-0.2, 0) is 5.41 Å². The number of nitrogens with one attached hydrogen (secondary N) is 1. The van der Waals surface area contributed by atoms with Crippen LogP contribution in [0.1, 0.15) is 22.3 Å². The Bertz CT molecular complexity index is 1950. The van der Waals surface area contributed by atoms with Crippen molar-refractivity contribution in [1.82, 2.24) is 0 Å². The van der Waals surface area contributed by atoms with Crippen molar-refractivity contribution in [3.63, 3.8) is 0 Å². The van der Waals surface area contributed by atoms with E-state index in [0.717, 1.165) is 33.3 Å². The van der Waals surface area contributed by atoms with Crippen LogP contribution in [0.5, 0.6) is 0 Å². The molecule has 0 spiro atoms. The Morgan fingerprint density at radius 1 is 0.487 bits per heavy atom. The molecule has 7 aromatic rings. The van der Waals surface area contributed by atoms with Gasteiger partial charge in [-0.25, -0.2) is 0 Å². The first-order valence-corrected chi connectivity index (χ1v) is 13.4. The number of hydrogen-bond donors (Lipinski definition) is 1. The maximum atomic E-state index is 6.16. The minimum Gasteiger partial charge on any atom is -0.456 e. The summed E-state index contributed by atoms with van der Waals surface area (Å²) in [7, 11) is 0. The van der Waals surface area contributed by atoms with E-state index in [-0.39, 0.29) is 0 Å². The summed E-state index contributed by atoms with van der Waals surface area (Å²) in [5.74, 6) is 0. The van der Waals surface area contributed by atoms with E-state index in [9.17, 15) is 0 Å². The number of fused-ring (bicyclic) bond motifs is 6. The summed E-state index contributed by atoms with van der Waals surface area (Å²) in [4.78, 5) is 0. The molecule has 0 aliphatic heterocycles. The molecular formula is C37H25NO. The van der Waals surface area contributed by atoms with Gasteiger partial charge in [0.2, 0.25) is 0 Å². The lowest BCUT2D eigenvalue weighted by Crippen LogP contribution is -2.28. The van der Waals surface area contributed by atoms with Gasteiger partial charge in [0.1, 0.15) is 11.2 Å². The van der Waals surface area contributed by atoms with Crippen molar-refractivity contribution in [2.75, 3.05) is 5.32 Å². The number of benzene rings is 6. The first-order chi connectivity index (χ1) is 19.3. The molecule has 0 atom stereocenters. The Hall–Kier alpha value is -5.08. The molecule has 39 heavy (non-hydrogen) atoms. The molecular weight excluding hydrogens is 474 g/mol. The smallest absolute Gasteiger partial charge is 0.137 e. The Morgan fingerprint density at radius 3 is 1.92 bits per heavy atom. The Labute approximate surface area is 227 Å². The number of furan rings is 1. The zero-order valence-corrected chi connectivity index (χ0v) is 21.3. The summed E-state index contributed by atoms with van der Waals surface area (Å²) in [6, 6.07) is 51.9. The summed E-state index contributed by atoms with van der Waals surface area (Å²) in [5, 5.41) is 5.99. The molecule has 8 rings (SSSR count). The summed E-state index contributed by atoms with van der Waals surface area (Å²) < 4.78 is 6.16. The number of rotatable bonds is 4. The van der Waals surface area contributed by atoms with Crippen molar-refractivity contribution in [3.05, 3.63) is 168 Å². The van der Waals surface area contributed by atoms with Crippen LogP contribution in [0.2, 0.25) is 0 Å². The zero-order valence-electron chi connectivity index (χ0n) is 21.3. The Morgan fingerprint density at radius 2 is 1.13 bits per heavy atom. The molecule has 0 saturated heterocycles. The van der Waals surface area contributed by atoms with Gasteiger partial charge in [0, 0.05) is 11.1 Å².